The first kappa shape index (κ1) is 15.9. The van der Waals surface area contributed by atoms with E-state index in [0.29, 0.717) is 19.8 Å². The van der Waals surface area contributed by atoms with Crippen molar-refractivity contribution in [2.75, 3.05) is 19.0 Å². The second-order valence-corrected chi connectivity index (χ2v) is 7.96. The molecule has 0 unspecified atom stereocenters. The van der Waals surface area contributed by atoms with Gasteiger partial charge in [-0.15, -0.1) is 0 Å². The van der Waals surface area contributed by atoms with E-state index in [1.165, 1.54) is 0 Å². The molecule has 1 aliphatic rings. The molecule has 1 aromatic rings. The Kier molecular flexibility index (Phi) is 5.60. The zero-order chi connectivity index (χ0) is 14.6. The fraction of sp³-hybridized carbons (Fsp3) is 0.571. The lowest BCUT2D eigenvalue weighted by Crippen LogP contribution is -2.41. The Bertz CT molecular complexity index is 530. The van der Waals surface area contributed by atoms with E-state index in [2.05, 4.69) is 22.9 Å². The number of ether oxygens (including phenoxy) is 1. The summed E-state index contributed by atoms with van der Waals surface area (Å²) in [5, 5.41) is 0. The summed E-state index contributed by atoms with van der Waals surface area (Å²) in [5.74, 6) is 0.0732. The van der Waals surface area contributed by atoms with Crippen molar-refractivity contribution in [2.45, 2.75) is 32.4 Å². The maximum absolute atomic E-state index is 12.4. The second kappa shape index (κ2) is 7.02. The van der Waals surface area contributed by atoms with Crippen molar-refractivity contribution in [1.29, 1.82) is 0 Å². The van der Waals surface area contributed by atoms with Gasteiger partial charge in [-0.1, -0.05) is 41.4 Å². The molecule has 112 valence electrons. The second-order valence-electron chi connectivity index (χ2n) is 5.01. The fourth-order valence-corrected chi connectivity index (χ4v) is 4.16. The third-order valence-electron chi connectivity index (χ3n) is 3.43. The van der Waals surface area contributed by atoms with E-state index in [9.17, 15) is 8.42 Å². The van der Waals surface area contributed by atoms with E-state index in [1.807, 2.05) is 24.3 Å². The number of benzene rings is 1. The lowest BCUT2D eigenvalue weighted by molar-refractivity contribution is 0.105. The van der Waals surface area contributed by atoms with Crippen molar-refractivity contribution < 1.29 is 13.2 Å². The summed E-state index contributed by atoms with van der Waals surface area (Å²) in [6, 6.07) is 7.72. The Labute approximate surface area is 129 Å². The minimum Gasteiger partial charge on any atom is -0.379 e. The van der Waals surface area contributed by atoms with Crippen molar-refractivity contribution in [3.8, 4) is 0 Å². The third kappa shape index (κ3) is 4.04. The molecule has 1 saturated heterocycles. The van der Waals surface area contributed by atoms with E-state index in [4.69, 9.17) is 4.74 Å². The van der Waals surface area contributed by atoms with Gasteiger partial charge in [0.05, 0.1) is 19.0 Å². The molecule has 0 N–H and O–H groups in total. The number of hydrogen-bond acceptors (Lipinski definition) is 3. The summed E-state index contributed by atoms with van der Waals surface area (Å²) >= 11 is 3.39. The van der Waals surface area contributed by atoms with Crippen molar-refractivity contribution in [2.24, 2.45) is 0 Å². The van der Waals surface area contributed by atoms with Crippen LogP contribution in [0.15, 0.2) is 28.7 Å². The molecular formula is C14H20BrNO3S. The van der Waals surface area contributed by atoms with Crippen LogP contribution >= 0.6 is 15.9 Å². The minimum atomic E-state index is -3.24. The van der Waals surface area contributed by atoms with E-state index >= 15 is 0 Å². The molecule has 1 atom stereocenters. The van der Waals surface area contributed by atoms with Crippen molar-refractivity contribution >= 4 is 26.0 Å². The Balaban J connectivity index is 2.23. The molecule has 1 aromatic carbocycles. The molecule has 1 aliphatic heterocycles. The molecule has 0 aromatic heterocycles. The summed E-state index contributed by atoms with van der Waals surface area (Å²) < 4.78 is 32.9. The monoisotopic (exact) mass is 361 g/mol. The minimum absolute atomic E-state index is 0.0591. The first-order valence-electron chi connectivity index (χ1n) is 6.84. The molecule has 0 bridgehead atoms. The van der Waals surface area contributed by atoms with Crippen LogP contribution in [0.1, 0.15) is 25.3 Å². The smallest absolute Gasteiger partial charge is 0.217 e. The summed E-state index contributed by atoms with van der Waals surface area (Å²) in [7, 11) is -3.24. The van der Waals surface area contributed by atoms with Crippen LogP contribution in [0.4, 0.5) is 0 Å². The molecule has 0 radical (unpaired) electrons. The first-order chi connectivity index (χ1) is 9.53. The molecule has 6 heteroatoms. The Morgan fingerprint density at radius 3 is 2.70 bits per heavy atom. The highest BCUT2D eigenvalue weighted by molar-refractivity contribution is 9.10. The predicted octanol–water partition coefficient (Wildman–Crippen LogP) is 2.78. The first-order valence-corrected chi connectivity index (χ1v) is 9.25. The Morgan fingerprint density at radius 1 is 1.35 bits per heavy atom. The van der Waals surface area contributed by atoms with Gasteiger partial charge in [-0.2, -0.15) is 4.31 Å². The van der Waals surface area contributed by atoms with Crippen LogP contribution < -0.4 is 0 Å². The summed E-state index contributed by atoms with van der Waals surface area (Å²) in [4.78, 5) is 0. The van der Waals surface area contributed by atoms with Gasteiger partial charge in [0.2, 0.25) is 10.0 Å². The summed E-state index contributed by atoms with van der Waals surface area (Å²) in [6.07, 6.45) is 1.77. The summed E-state index contributed by atoms with van der Waals surface area (Å²) in [5.41, 5.74) is 1.000. The normalized spacial score (nSPS) is 23.4. The average molecular weight is 362 g/mol. The molecule has 4 nitrogen and oxygen atoms in total. The fourth-order valence-electron chi connectivity index (χ4n) is 2.37. The maximum atomic E-state index is 12.4. The van der Waals surface area contributed by atoms with Crippen molar-refractivity contribution in [1.82, 2.24) is 4.31 Å². The number of rotatable bonds is 4. The largest absolute Gasteiger partial charge is 0.379 e. The highest BCUT2D eigenvalue weighted by atomic mass is 79.9. The Morgan fingerprint density at radius 2 is 2.05 bits per heavy atom. The maximum Gasteiger partial charge on any atom is 0.217 e. The van der Waals surface area contributed by atoms with E-state index in [-0.39, 0.29) is 11.8 Å². The SMILES string of the molecule is CCC[C@H]1COCCS(=O)(=O)N1Cc1ccc(Br)cc1. The van der Waals surface area contributed by atoms with E-state index in [1.54, 1.807) is 4.31 Å². The quantitative estimate of drug-likeness (QED) is 0.828. The summed E-state index contributed by atoms with van der Waals surface area (Å²) in [6.45, 7) is 3.27. The lowest BCUT2D eigenvalue weighted by Gasteiger charge is -2.28. The van der Waals surface area contributed by atoms with Gasteiger partial charge in [0.25, 0.3) is 0 Å². The van der Waals surface area contributed by atoms with Crippen molar-refractivity contribution in [3.05, 3.63) is 34.3 Å². The zero-order valence-corrected chi connectivity index (χ0v) is 14.0. The van der Waals surface area contributed by atoms with Gasteiger partial charge in [0.15, 0.2) is 0 Å². The molecule has 0 amide bonds. The number of hydrogen-bond donors (Lipinski definition) is 0. The third-order valence-corrected chi connectivity index (χ3v) is 5.79. The van der Waals surface area contributed by atoms with Gasteiger partial charge in [-0.3, -0.25) is 0 Å². The molecule has 0 saturated carbocycles. The van der Waals surface area contributed by atoms with Crippen LogP contribution in [0.2, 0.25) is 0 Å². The van der Waals surface area contributed by atoms with Crippen LogP contribution in [0.25, 0.3) is 0 Å². The number of sulfonamides is 1. The van der Waals surface area contributed by atoms with Crippen molar-refractivity contribution in [3.63, 3.8) is 0 Å². The zero-order valence-electron chi connectivity index (χ0n) is 11.6. The van der Waals surface area contributed by atoms with Gasteiger partial charge < -0.3 is 4.74 Å². The van der Waals surface area contributed by atoms with Gasteiger partial charge in [-0.25, -0.2) is 8.42 Å². The van der Waals surface area contributed by atoms with Gasteiger partial charge in [-0.05, 0) is 24.1 Å². The molecule has 2 rings (SSSR count). The van der Waals surface area contributed by atoms with E-state index < -0.39 is 10.0 Å². The number of halogens is 1. The Hall–Kier alpha value is -0.430. The average Bonchev–Trinajstić information content (AvgIpc) is 2.54. The van der Waals surface area contributed by atoms with Gasteiger partial charge in [0.1, 0.15) is 0 Å². The molecular weight excluding hydrogens is 342 g/mol. The highest BCUT2D eigenvalue weighted by Crippen LogP contribution is 2.21. The van der Waals surface area contributed by atoms with Gasteiger partial charge >= 0.3 is 0 Å². The topological polar surface area (TPSA) is 46.6 Å². The molecule has 0 spiro atoms. The molecule has 1 heterocycles. The lowest BCUT2D eigenvalue weighted by atomic mass is 10.1. The predicted molar refractivity (Wildman–Crippen MR) is 83.0 cm³/mol. The van der Waals surface area contributed by atoms with Gasteiger partial charge in [0, 0.05) is 17.1 Å². The van der Waals surface area contributed by atoms with E-state index in [0.717, 1.165) is 22.9 Å². The van der Waals surface area contributed by atoms with Crippen LogP contribution in [0.5, 0.6) is 0 Å². The van der Waals surface area contributed by atoms with Crippen LogP contribution in [-0.2, 0) is 21.3 Å². The molecule has 0 aliphatic carbocycles. The number of nitrogens with zero attached hydrogens (tertiary/aromatic N) is 1. The standard InChI is InChI=1S/C14H20BrNO3S/c1-2-3-14-11-19-8-9-20(17,18)16(14)10-12-4-6-13(15)7-5-12/h4-7,14H,2-3,8-11H2,1H3/t14-/m0/s1. The molecule has 20 heavy (non-hydrogen) atoms. The molecule has 1 fully saturated rings. The van der Waals surface area contributed by atoms with Crippen LogP contribution in [0.3, 0.4) is 0 Å². The van der Waals surface area contributed by atoms with Crippen LogP contribution in [-0.4, -0.2) is 37.7 Å². The van der Waals surface area contributed by atoms with Crippen LogP contribution in [0, 0.1) is 0 Å². The highest BCUT2D eigenvalue weighted by Gasteiger charge is 2.32.